The summed E-state index contributed by atoms with van der Waals surface area (Å²) < 4.78 is 5.47. The molecular formula is C20H24N2O2. The fraction of sp³-hybridized carbons (Fsp3) is 0.400. The quantitative estimate of drug-likeness (QED) is 0.848. The van der Waals surface area contributed by atoms with Crippen molar-refractivity contribution in [3.8, 4) is 5.75 Å². The number of aromatic nitrogens is 1. The first kappa shape index (κ1) is 16.5. The maximum absolute atomic E-state index is 12.1. The molecule has 1 aromatic heterocycles. The molecule has 0 bridgehead atoms. The Morgan fingerprint density at radius 1 is 1.08 bits per heavy atom. The van der Waals surface area contributed by atoms with E-state index in [1.807, 2.05) is 36.5 Å². The Morgan fingerprint density at radius 3 is 2.54 bits per heavy atom. The fourth-order valence-corrected chi connectivity index (χ4v) is 3.01. The van der Waals surface area contributed by atoms with Gasteiger partial charge in [0, 0.05) is 25.0 Å². The number of carbonyl (C=O) groups excluding carboxylic acids is 1. The van der Waals surface area contributed by atoms with Crippen molar-refractivity contribution < 1.29 is 9.53 Å². The third-order valence-corrected chi connectivity index (χ3v) is 4.51. The van der Waals surface area contributed by atoms with E-state index in [4.69, 9.17) is 4.74 Å². The van der Waals surface area contributed by atoms with E-state index in [9.17, 15) is 4.79 Å². The zero-order chi connectivity index (χ0) is 16.8. The van der Waals surface area contributed by atoms with Gasteiger partial charge in [0.1, 0.15) is 5.75 Å². The molecule has 2 heterocycles. The number of likely N-dealkylation sites (tertiary alicyclic amines) is 1. The van der Waals surface area contributed by atoms with E-state index in [0.29, 0.717) is 5.75 Å². The second-order valence-corrected chi connectivity index (χ2v) is 6.33. The number of piperidine rings is 1. The third-order valence-electron chi connectivity index (χ3n) is 4.51. The first-order valence-corrected chi connectivity index (χ1v) is 8.68. The first-order valence-electron chi connectivity index (χ1n) is 8.68. The number of hydrogen-bond acceptors (Lipinski definition) is 3. The van der Waals surface area contributed by atoms with Gasteiger partial charge in [0.2, 0.25) is 0 Å². The largest absolute Gasteiger partial charge is 0.415 e. The summed E-state index contributed by atoms with van der Waals surface area (Å²) in [6.07, 6.45) is 6.80. The zero-order valence-electron chi connectivity index (χ0n) is 14.2. The van der Waals surface area contributed by atoms with E-state index >= 15 is 0 Å². The van der Waals surface area contributed by atoms with Crippen LogP contribution in [0, 0.1) is 6.92 Å². The smallest absolute Gasteiger partial charge is 0.410 e. The van der Waals surface area contributed by atoms with E-state index < -0.39 is 0 Å². The lowest BCUT2D eigenvalue weighted by atomic mass is 10.1. The van der Waals surface area contributed by atoms with Gasteiger partial charge in [-0.25, -0.2) is 4.79 Å². The van der Waals surface area contributed by atoms with Gasteiger partial charge in [0.15, 0.2) is 0 Å². The summed E-state index contributed by atoms with van der Waals surface area (Å²) in [6, 6.07) is 11.9. The summed E-state index contributed by atoms with van der Waals surface area (Å²) in [5.74, 6) is 0.614. The molecular weight excluding hydrogens is 300 g/mol. The normalized spacial score (nSPS) is 14.5. The van der Waals surface area contributed by atoms with Crippen molar-refractivity contribution in [1.29, 1.82) is 0 Å². The van der Waals surface area contributed by atoms with E-state index in [-0.39, 0.29) is 6.09 Å². The van der Waals surface area contributed by atoms with Crippen molar-refractivity contribution in [2.45, 2.75) is 39.0 Å². The minimum absolute atomic E-state index is 0.230. The summed E-state index contributed by atoms with van der Waals surface area (Å²) in [5.41, 5.74) is 3.58. The predicted octanol–water partition coefficient (Wildman–Crippen LogP) is 4.16. The molecule has 4 nitrogen and oxygen atoms in total. The standard InChI is InChI=1S/C20H24N2O2/c1-16-6-5-13-21-19(16)12-9-17-7-10-18(11-8-17)24-20(23)22-14-3-2-4-15-22/h5-8,10-11,13H,2-4,9,12,14-15H2,1H3. The maximum atomic E-state index is 12.1. The summed E-state index contributed by atoms with van der Waals surface area (Å²) in [4.78, 5) is 18.3. The highest BCUT2D eigenvalue weighted by molar-refractivity contribution is 5.70. The summed E-state index contributed by atoms with van der Waals surface area (Å²) in [5, 5.41) is 0. The maximum Gasteiger partial charge on any atom is 0.415 e. The van der Waals surface area contributed by atoms with Crippen LogP contribution in [-0.2, 0) is 12.8 Å². The molecule has 2 aromatic rings. The van der Waals surface area contributed by atoms with E-state index in [2.05, 4.69) is 18.0 Å². The van der Waals surface area contributed by atoms with Crippen LogP contribution in [0.25, 0.3) is 0 Å². The third kappa shape index (κ3) is 4.34. The van der Waals surface area contributed by atoms with Crippen LogP contribution in [0.15, 0.2) is 42.6 Å². The lowest BCUT2D eigenvalue weighted by molar-refractivity contribution is 0.142. The molecule has 0 saturated carbocycles. The van der Waals surface area contributed by atoms with Gasteiger partial charge in [-0.15, -0.1) is 0 Å². The predicted molar refractivity (Wildman–Crippen MR) is 94.3 cm³/mol. The molecule has 1 aliphatic heterocycles. The molecule has 0 unspecified atom stereocenters. The van der Waals surface area contributed by atoms with Crippen molar-refractivity contribution in [3.05, 3.63) is 59.4 Å². The molecule has 1 aromatic carbocycles. The SMILES string of the molecule is Cc1cccnc1CCc1ccc(OC(=O)N2CCCCC2)cc1. The van der Waals surface area contributed by atoms with Crippen molar-refractivity contribution in [2.75, 3.05) is 13.1 Å². The van der Waals surface area contributed by atoms with Crippen molar-refractivity contribution in [3.63, 3.8) is 0 Å². The lowest BCUT2D eigenvalue weighted by Crippen LogP contribution is -2.37. The van der Waals surface area contributed by atoms with Gasteiger partial charge in [0.25, 0.3) is 0 Å². The molecule has 0 aliphatic carbocycles. The van der Waals surface area contributed by atoms with Gasteiger partial charge in [-0.2, -0.15) is 0 Å². The van der Waals surface area contributed by atoms with Crippen molar-refractivity contribution in [2.24, 2.45) is 0 Å². The van der Waals surface area contributed by atoms with Crippen LogP contribution in [0.1, 0.15) is 36.1 Å². The zero-order valence-corrected chi connectivity index (χ0v) is 14.2. The Kier molecular flexibility index (Phi) is 5.47. The second kappa shape index (κ2) is 7.95. The van der Waals surface area contributed by atoms with Crippen LogP contribution in [0.2, 0.25) is 0 Å². The number of pyridine rings is 1. The Balaban J connectivity index is 1.53. The minimum Gasteiger partial charge on any atom is -0.410 e. The van der Waals surface area contributed by atoms with E-state index in [0.717, 1.165) is 44.5 Å². The molecule has 0 spiro atoms. The molecule has 126 valence electrons. The number of nitrogens with zero attached hydrogens (tertiary/aromatic N) is 2. The molecule has 0 radical (unpaired) electrons. The highest BCUT2D eigenvalue weighted by atomic mass is 16.6. The molecule has 1 aliphatic rings. The molecule has 3 rings (SSSR count). The van der Waals surface area contributed by atoms with Gasteiger partial charge in [-0.05, 0) is 68.4 Å². The van der Waals surface area contributed by atoms with Crippen molar-refractivity contribution in [1.82, 2.24) is 9.88 Å². The van der Waals surface area contributed by atoms with Crippen LogP contribution in [0.4, 0.5) is 4.79 Å². The first-order chi connectivity index (χ1) is 11.7. The Bertz CT molecular complexity index is 676. The highest BCUT2D eigenvalue weighted by Gasteiger charge is 2.18. The van der Waals surface area contributed by atoms with Crippen LogP contribution >= 0.6 is 0 Å². The number of ether oxygens (including phenoxy) is 1. The Morgan fingerprint density at radius 2 is 1.83 bits per heavy atom. The van der Waals surface area contributed by atoms with Crippen LogP contribution in [-0.4, -0.2) is 29.1 Å². The number of carbonyl (C=O) groups is 1. The average molecular weight is 324 g/mol. The van der Waals surface area contributed by atoms with Crippen LogP contribution in [0.3, 0.4) is 0 Å². The molecule has 1 amide bonds. The summed E-state index contributed by atoms with van der Waals surface area (Å²) in [6.45, 7) is 3.70. The highest BCUT2D eigenvalue weighted by Crippen LogP contribution is 2.17. The molecule has 0 N–H and O–H groups in total. The van der Waals surface area contributed by atoms with Crippen LogP contribution in [0.5, 0.6) is 5.75 Å². The summed E-state index contributed by atoms with van der Waals surface area (Å²) in [7, 11) is 0. The van der Waals surface area contributed by atoms with E-state index in [1.165, 1.54) is 17.5 Å². The van der Waals surface area contributed by atoms with Gasteiger partial charge in [-0.1, -0.05) is 18.2 Å². The van der Waals surface area contributed by atoms with Crippen molar-refractivity contribution >= 4 is 6.09 Å². The topological polar surface area (TPSA) is 42.4 Å². The molecule has 24 heavy (non-hydrogen) atoms. The molecule has 1 saturated heterocycles. The lowest BCUT2D eigenvalue weighted by Gasteiger charge is -2.25. The summed E-state index contributed by atoms with van der Waals surface area (Å²) >= 11 is 0. The van der Waals surface area contributed by atoms with Crippen LogP contribution < -0.4 is 4.74 Å². The van der Waals surface area contributed by atoms with Gasteiger partial charge < -0.3 is 9.64 Å². The Labute approximate surface area is 143 Å². The van der Waals surface area contributed by atoms with Gasteiger partial charge in [-0.3, -0.25) is 4.98 Å². The number of benzene rings is 1. The average Bonchev–Trinajstić information content (AvgIpc) is 2.63. The van der Waals surface area contributed by atoms with Gasteiger partial charge in [0.05, 0.1) is 0 Å². The number of amides is 1. The second-order valence-electron chi connectivity index (χ2n) is 6.33. The minimum atomic E-state index is -0.230. The number of hydrogen-bond donors (Lipinski definition) is 0. The molecule has 1 fully saturated rings. The Hall–Kier alpha value is -2.36. The number of aryl methyl sites for hydroxylation is 3. The van der Waals surface area contributed by atoms with Gasteiger partial charge >= 0.3 is 6.09 Å². The fourth-order valence-electron chi connectivity index (χ4n) is 3.01. The molecule has 4 heteroatoms. The number of rotatable bonds is 4. The molecule has 0 atom stereocenters. The van der Waals surface area contributed by atoms with E-state index in [1.54, 1.807) is 4.90 Å². The monoisotopic (exact) mass is 324 g/mol.